The fourth-order valence-electron chi connectivity index (χ4n) is 2.42. The summed E-state index contributed by atoms with van der Waals surface area (Å²) in [6, 6.07) is 8.67. The molecule has 0 aromatic heterocycles. The Hall–Kier alpha value is -0.803. The predicted molar refractivity (Wildman–Crippen MR) is 110 cm³/mol. The van der Waals surface area contributed by atoms with Gasteiger partial charge >= 0.3 is 0 Å². The third-order valence-electron chi connectivity index (χ3n) is 5.13. The van der Waals surface area contributed by atoms with Crippen LogP contribution < -0.4 is 9.74 Å². The van der Waals surface area contributed by atoms with Crippen LogP contribution in [0.25, 0.3) is 0 Å². The fraction of sp³-hybridized carbons (Fsp3) is 0.714. The molecule has 0 heterocycles. The molecule has 0 aliphatic rings. The van der Waals surface area contributed by atoms with Gasteiger partial charge in [-0.25, -0.2) is 0 Å². The highest BCUT2D eigenvalue weighted by Gasteiger charge is 2.38. The van der Waals surface area contributed by atoms with Gasteiger partial charge in [-0.05, 0) is 61.8 Å². The van der Waals surface area contributed by atoms with E-state index < -0.39 is 8.32 Å². The molecule has 0 aliphatic heterocycles. The molecule has 1 aromatic rings. The van der Waals surface area contributed by atoms with Crippen LogP contribution in [0.1, 0.15) is 65.4 Å². The number of nitrogens with one attached hydrogen (secondary N) is 1. The Bertz CT molecular complexity index is 465. The Morgan fingerprint density at radius 3 is 2.38 bits per heavy atom. The minimum absolute atomic E-state index is 0.238. The molecule has 0 fully saturated rings. The zero-order valence-electron chi connectivity index (χ0n) is 16.9. The molecule has 0 saturated heterocycles. The highest BCUT2D eigenvalue weighted by Crippen LogP contribution is 2.37. The molecular formula is C21H39NOSi. The van der Waals surface area contributed by atoms with Gasteiger partial charge in [0.2, 0.25) is 8.32 Å². The summed E-state index contributed by atoms with van der Waals surface area (Å²) in [7, 11) is -1.74. The van der Waals surface area contributed by atoms with Gasteiger partial charge in [0.1, 0.15) is 5.75 Å². The van der Waals surface area contributed by atoms with Gasteiger partial charge in [0.25, 0.3) is 0 Å². The van der Waals surface area contributed by atoms with Gasteiger partial charge in [-0.1, -0.05) is 65.5 Å². The molecule has 3 heteroatoms. The molecule has 24 heavy (non-hydrogen) atoms. The van der Waals surface area contributed by atoms with E-state index in [0.29, 0.717) is 0 Å². The monoisotopic (exact) mass is 349 g/mol. The molecule has 138 valence electrons. The normalized spacial score (nSPS) is 12.4. The molecule has 0 radical (unpaired) electrons. The van der Waals surface area contributed by atoms with Crippen LogP contribution in [0.15, 0.2) is 24.3 Å². The van der Waals surface area contributed by atoms with E-state index in [2.05, 4.69) is 70.4 Å². The summed E-state index contributed by atoms with van der Waals surface area (Å²) in [5, 5.41) is 3.81. The van der Waals surface area contributed by atoms with E-state index in [-0.39, 0.29) is 5.04 Å². The molecule has 2 nitrogen and oxygen atoms in total. The van der Waals surface area contributed by atoms with E-state index in [1.165, 1.54) is 37.7 Å². The summed E-state index contributed by atoms with van der Waals surface area (Å²) >= 11 is 0. The lowest BCUT2D eigenvalue weighted by molar-refractivity contribution is 0.491. The number of benzene rings is 1. The van der Waals surface area contributed by atoms with E-state index in [1.807, 2.05) is 0 Å². The van der Waals surface area contributed by atoms with Gasteiger partial charge in [0.15, 0.2) is 0 Å². The van der Waals surface area contributed by atoms with E-state index >= 15 is 0 Å². The van der Waals surface area contributed by atoms with Gasteiger partial charge in [-0.15, -0.1) is 0 Å². The number of rotatable bonds is 11. The second-order valence-corrected chi connectivity index (χ2v) is 13.1. The minimum Gasteiger partial charge on any atom is -0.543 e. The van der Waals surface area contributed by atoms with Crippen LogP contribution in [0.5, 0.6) is 5.75 Å². The lowest BCUT2D eigenvalue weighted by Crippen LogP contribution is -2.43. The van der Waals surface area contributed by atoms with Gasteiger partial charge in [-0.2, -0.15) is 0 Å². The van der Waals surface area contributed by atoms with Crippen LogP contribution >= 0.6 is 0 Å². The Morgan fingerprint density at radius 1 is 1.00 bits per heavy atom. The maximum Gasteiger partial charge on any atom is 0.250 e. The summed E-state index contributed by atoms with van der Waals surface area (Å²) < 4.78 is 6.41. The molecule has 0 spiro atoms. The van der Waals surface area contributed by atoms with Gasteiger partial charge in [0, 0.05) is 0 Å². The lowest BCUT2D eigenvalue weighted by atomic mass is 10.1. The van der Waals surface area contributed by atoms with Crippen LogP contribution in [-0.2, 0) is 6.42 Å². The van der Waals surface area contributed by atoms with Crippen LogP contribution in [0, 0.1) is 0 Å². The predicted octanol–water partition coefficient (Wildman–Crippen LogP) is 6.17. The number of unbranched alkanes of at least 4 members (excludes halogenated alkanes) is 4. The van der Waals surface area contributed by atoms with Crippen LogP contribution in [-0.4, -0.2) is 21.4 Å². The van der Waals surface area contributed by atoms with Crippen molar-refractivity contribution in [1.29, 1.82) is 0 Å². The van der Waals surface area contributed by atoms with Crippen molar-refractivity contribution in [2.75, 3.05) is 13.1 Å². The quantitative estimate of drug-likeness (QED) is 0.381. The van der Waals surface area contributed by atoms with Crippen molar-refractivity contribution in [3.8, 4) is 5.75 Å². The van der Waals surface area contributed by atoms with Crippen molar-refractivity contribution in [2.45, 2.75) is 84.4 Å². The maximum absolute atomic E-state index is 6.41. The number of hydrogen-bond donors (Lipinski definition) is 1. The third-order valence-corrected chi connectivity index (χ3v) is 9.48. The summed E-state index contributed by atoms with van der Waals surface area (Å²) in [5.41, 5.74) is 1.37. The van der Waals surface area contributed by atoms with Gasteiger partial charge in [0.05, 0.1) is 0 Å². The molecule has 1 rings (SSSR count). The van der Waals surface area contributed by atoms with E-state index in [9.17, 15) is 0 Å². The van der Waals surface area contributed by atoms with Gasteiger partial charge < -0.3 is 9.74 Å². The smallest absolute Gasteiger partial charge is 0.250 e. The summed E-state index contributed by atoms with van der Waals surface area (Å²) in [6.45, 7) is 15.9. The molecule has 0 atom stereocenters. The largest absolute Gasteiger partial charge is 0.543 e. The SMILES string of the molecule is CCCCCCCNCCc1cccc(O[Si](C)(C)C(C)(C)C)c1. The van der Waals surface area contributed by atoms with Crippen LogP contribution in [0.3, 0.4) is 0 Å². The Balaban J connectivity index is 2.35. The first kappa shape index (κ1) is 21.2. The molecule has 0 amide bonds. The zero-order chi connectivity index (χ0) is 18.1. The third kappa shape index (κ3) is 7.85. The molecular weight excluding hydrogens is 310 g/mol. The molecule has 1 aromatic carbocycles. The Kier molecular flexibility index (Phi) is 9.07. The Morgan fingerprint density at radius 2 is 1.71 bits per heavy atom. The first-order valence-corrected chi connectivity index (χ1v) is 12.7. The maximum atomic E-state index is 6.41. The fourth-order valence-corrected chi connectivity index (χ4v) is 3.45. The molecule has 0 bridgehead atoms. The first-order valence-electron chi connectivity index (χ1n) is 9.75. The van der Waals surface area contributed by atoms with E-state index in [0.717, 1.165) is 25.3 Å². The second-order valence-electron chi connectivity index (χ2n) is 8.42. The minimum atomic E-state index is -1.74. The van der Waals surface area contributed by atoms with Crippen molar-refractivity contribution in [3.05, 3.63) is 29.8 Å². The average Bonchev–Trinajstić information content (AvgIpc) is 2.49. The van der Waals surface area contributed by atoms with Crippen molar-refractivity contribution in [3.63, 3.8) is 0 Å². The topological polar surface area (TPSA) is 21.3 Å². The number of hydrogen-bond acceptors (Lipinski definition) is 2. The van der Waals surface area contributed by atoms with Gasteiger partial charge in [-0.3, -0.25) is 0 Å². The van der Waals surface area contributed by atoms with Crippen molar-refractivity contribution < 1.29 is 4.43 Å². The van der Waals surface area contributed by atoms with Crippen LogP contribution in [0.4, 0.5) is 0 Å². The summed E-state index contributed by atoms with van der Waals surface area (Å²) in [6.07, 6.45) is 7.81. The molecule has 1 N–H and O–H groups in total. The van der Waals surface area contributed by atoms with Crippen molar-refractivity contribution in [2.24, 2.45) is 0 Å². The van der Waals surface area contributed by atoms with Crippen molar-refractivity contribution in [1.82, 2.24) is 5.32 Å². The summed E-state index contributed by atoms with van der Waals surface area (Å²) in [5.74, 6) is 1.04. The lowest BCUT2D eigenvalue weighted by Gasteiger charge is -2.36. The highest BCUT2D eigenvalue weighted by atomic mass is 28.4. The van der Waals surface area contributed by atoms with E-state index in [4.69, 9.17) is 4.43 Å². The Labute approximate surface area is 151 Å². The molecule has 0 aliphatic carbocycles. The summed E-state index contributed by atoms with van der Waals surface area (Å²) in [4.78, 5) is 0. The van der Waals surface area contributed by atoms with Crippen molar-refractivity contribution >= 4 is 8.32 Å². The molecule has 0 unspecified atom stereocenters. The van der Waals surface area contributed by atoms with Crippen LogP contribution in [0.2, 0.25) is 18.1 Å². The second kappa shape index (κ2) is 10.2. The molecule has 0 saturated carbocycles. The zero-order valence-corrected chi connectivity index (χ0v) is 17.9. The first-order chi connectivity index (χ1) is 11.3. The average molecular weight is 350 g/mol. The van der Waals surface area contributed by atoms with E-state index in [1.54, 1.807) is 0 Å². The standard InChI is InChI=1S/C21H39NOSi/c1-7-8-9-10-11-16-22-17-15-19-13-12-14-20(18-19)23-24(5,6)21(2,3)4/h12-14,18,22H,7-11,15-17H2,1-6H3. The highest BCUT2D eigenvalue weighted by molar-refractivity contribution is 6.74.